The number of anilines is 2. The molecule has 0 saturated carbocycles. The third-order valence-corrected chi connectivity index (χ3v) is 5.61. The Hall–Kier alpha value is -4.75. The molecule has 10 heteroatoms. The van der Waals surface area contributed by atoms with E-state index >= 15 is 0 Å². The van der Waals surface area contributed by atoms with Gasteiger partial charge in [-0.15, -0.1) is 0 Å². The van der Waals surface area contributed by atoms with Crippen molar-refractivity contribution in [2.75, 3.05) is 17.3 Å². The average Bonchev–Trinajstić information content (AvgIpc) is 2.90. The summed E-state index contributed by atoms with van der Waals surface area (Å²) in [4.78, 5) is 31.6. The first-order valence-electron chi connectivity index (χ1n) is 11.1. The van der Waals surface area contributed by atoms with Crippen molar-refractivity contribution in [2.45, 2.75) is 6.92 Å². The number of aryl methyl sites for hydroxylation is 1. The molecular formula is C27H21BrN6O3. The molecule has 0 bridgehead atoms. The van der Waals surface area contributed by atoms with Crippen molar-refractivity contribution >= 4 is 39.7 Å². The number of hydrogen-bond donors (Lipinski definition) is 3. The van der Waals surface area contributed by atoms with E-state index in [1.54, 1.807) is 42.5 Å². The van der Waals surface area contributed by atoms with Crippen LogP contribution in [0.15, 0.2) is 87.2 Å². The predicted octanol–water partition coefficient (Wildman–Crippen LogP) is 4.84. The summed E-state index contributed by atoms with van der Waals surface area (Å²) in [6.07, 6.45) is 1.47. The van der Waals surface area contributed by atoms with Crippen molar-refractivity contribution in [3.8, 4) is 23.1 Å². The van der Waals surface area contributed by atoms with Crippen LogP contribution in [0.25, 0.3) is 11.3 Å². The van der Waals surface area contributed by atoms with Gasteiger partial charge in [0, 0.05) is 21.3 Å². The van der Waals surface area contributed by atoms with Crippen LogP contribution < -0.4 is 21.0 Å². The van der Waals surface area contributed by atoms with E-state index in [0.29, 0.717) is 22.6 Å². The van der Waals surface area contributed by atoms with Crippen LogP contribution in [0.4, 0.5) is 11.6 Å². The summed E-state index contributed by atoms with van der Waals surface area (Å²) in [5.41, 5.74) is 5.24. The number of carbonyl (C=O) groups excluding carboxylic acids is 1. The summed E-state index contributed by atoms with van der Waals surface area (Å²) in [7, 11) is 0. The molecule has 0 spiro atoms. The SMILES string of the molecule is Cc1ccc(NC(=O)COc2ccc(Br)cc2C=NNc2nc(-c3ccccc3)c(C#N)c(=O)[nH]2)cc1. The molecule has 0 aliphatic carbocycles. The maximum absolute atomic E-state index is 12.4. The van der Waals surface area contributed by atoms with Gasteiger partial charge in [-0.3, -0.25) is 14.6 Å². The highest BCUT2D eigenvalue weighted by Crippen LogP contribution is 2.23. The van der Waals surface area contributed by atoms with E-state index in [1.807, 2.05) is 43.3 Å². The topological polar surface area (TPSA) is 132 Å². The van der Waals surface area contributed by atoms with Crippen LogP contribution in [0.5, 0.6) is 5.75 Å². The van der Waals surface area contributed by atoms with Gasteiger partial charge in [-0.1, -0.05) is 64.0 Å². The number of ether oxygens (including phenoxy) is 1. The Morgan fingerprint density at radius 3 is 2.65 bits per heavy atom. The summed E-state index contributed by atoms with van der Waals surface area (Å²) >= 11 is 3.42. The lowest BCUT2D eigenvalue weighted by molar-refractivity contribution is -0.118. The van der Waals surface area contributed by atoms with Crippen LogP contribution in [0.3, 0.4) is 0 Å². The normalized spacial score (nSPS) is 10.6. The minimum absolute atomic E-state index is 0.0639. The second-order valence-corrected chi connectivity index (χ2v) is 8.79. The fourth-order valence-corrected chi connectivity index (χ4v) is 3.71. The molecule has 4 rings (SSSR count). The summed E-state index contributed by atoms with van der Waals surface area (Å²) in [6, 6.07) is 23.5. The smallest absolute Gasteiger partial charge is 0.270 e. The molecule has 0 atom stereocenters. The third-order valence-electron chi connectivity index (χ3n) is 5.12. The summed E-state index contributed by atoms with van der Waals surface area (Å²) in [5, 5.41) is 16.3. The average molecular weight is 557 g/mol. The summed E-state index contributed by atoms with van der Waals surface area (Å²) < 4.78 is 6.50. The highest BCUT2D eigenvalue weighted by molar-refractivity contribution is 9.10. The zero-order valence-electron chi connectivity index (χ0n) is 19.7. The first kappa shape index (κ1) is 25.3. The van der Waals surface area contributed by atoms with Gasteiger partial charge >= 0.3 is 0 Å². The minimum Gasteiger partial charge on any atom is -0.483 e. The second kappa shape index (κ2) is 11.8. The molecule has 184 valence electrons. The fraction of sp³-hybridized carbons (Fsp3) is 0.0741. The first-order chi connectivity index (χ1) is 17.9. The van der Waals surface area contributed by atoms with Gasteiger partial charge in [-0.2, -0.15) is 10.4 Å². The van der Waals surface area contributed by atoms with Crippen molar-refractivity contribution < 1.29 is 9.53 Å². The van der Waals surface area contributed by atoms with Gasteiger partial charge in [0.15, 0.2) is 6.61 Å². The number of hydrogen-bond acceptors (Lipinski definition) is 7. The van der Waals surface area contributed by atoms with Gasteiger partial charge in [-0.05, 0) is 37.3 Å². The molecule has 0 unspecified atom stereocenters. The number of aromatic amines is 1. The van der Waals surface area contributed by atoms with Crippen LogP contribution >= 0.6 is 15.9 Å². The van der Waals surface area contributed by atoms with Crippen LogP contribution in [-0.2, 0) is 4.79 Å². The van der Waals surface area contributed by atoms with Crippen molar-refractivity contribution in [1.29, 1.82) is 5.26 Å². The Morgan fingerprint density at radius 2 is 1.92 bits per heavy atom. The number of nitriles is 1. The zero-order valence-corrected chi connectivity index (χ0v) is 21.2. The lowest BCUT2D eigenvalue weighted by Crippen LogP contribution is -2.20. The molecule has 0 aliphatic heterocycles. The Balaban J connectivity index is 1.48. The minimum atomic E-state index is -0.583. The van der Waals surface area contributed by atoms with Gasteiger partial charge in [0.2, 0.25) is 5.95 Å². The van der Waals surface area contributed by atoms with Crippen molar-refractivity contribution in [1.82, 2.24) is 9.97 Å². The van der Waals surface area contributed by atoms with Crippen molar-refractivity contribution in [3.63, 3.8) is 0 Å². The van der Waals surface area contributed by atoms with Crippen LogP contribution in [0, 0.1) is 18.3 Å². The monoisotopic (exact) mass is 556 g/mol. The fourth-order valence-electron chi connectivity index (χ4n) is 3.33. The Morgan fingerprint density at radius 1 is 1.16 bits per heavy atom. The van der Waals surface area contributed by atoms with E-state index in [-0.39, 0.29) is 29.7 Å². The molecule has 0 saturated heterocycles. The van der Waals surface area contributed by atoms with E-state index in [1.165, 1.54) is 6.21 Å². The van der Waals surface area contributed by atoms with Gasteiger partial charge in [0.1, 0.15) is 17.4 Å². The third kappa shape index (κ3) is 6.68. The van der Waals surface area contributed by atoms with E-state index in [2.05, 4.69) is 41.7 Å². The van der Waals surface area contributed by atoms with Crippen LogP contribution in [0.1, 0.15) is 16.7 Å². The van der Waals surface area contributed by atoms with Crippen molar-refractivity contribution in [2.24, 2.45) is 5.10 Å². The van der Waals surface area contributed by atoms with Gasteiger partial charge in [-0.25, -0.2) is 10.4 Å². The number of carbonyl (C=O) groups is 1. The molecule has 0 radical (unpaired) electrons. The van der Waals surface area contributed by atoms with E-state index in [9.17, 15) is 14.9 Å². The Labute approximate surface area is 221 Å². The van der Waals surface area contributed by atoms with E-state index in [4.69, 9.17) is 4.74 Å². The predicted molar refractivity (Wildman–Crippen MR) is 146 cm³/mol. The van der Waals surface area contributed by atoms with Crippen LogP contribution in [0.2, 0.25) is 0 Å². The van der Waals surface area contributed by atoms with Gasteiger partial charge < -0.3 is 10.1 Å². The molecule has 1 amide bonds. The van der Waals surface area contributed by atoms with E-state index in [0.717, 1.165) is 10.0 Å². The summed E-state index contributed by atoms with van der Waals surface area (Å²) in [5.74, 6) is 0.189. The highest BCUT2D eigenvalue weighted by atomic mass is 79.9. The molecule has 0 fully saturated rings. The lowest BCUT2D eigenvalue weighted by Gasteiger charge is -2.10. The lowest BCUT2D eigenvalue weighted by atomic mass is 10.1. The molecule has 37 heavy (non-hydrogen) atoms. The quantitative estimate of drug-likeness (QED) is 0.210. The highest BCUT2D eigenvalue weighted by Gasteiger charge is 2.13. The first-order valence-corrected chi connectivity index (χ1v) is 11.9. The number of aromatic nitrogens is 2. The number of hydrazone groups is 1. The standard InChI is InChI=1S/C27H21BrN6O3/c1-17-7-10-21(11-8-17)31-24(35)16-37-23-12-9-20(28)13-19(23)15-30-34-27-32-25(18-5-3-2-4-6-18)22(14-29)26(36)33-27/h2-13,15H,16H2,1H3,(H,31,35)(H2,32,33,34,36). The molecule has 1 heterocycles. The maximum atomic E-state index is 12.4. The number of halogens is 1. The van der Waals surface area contributed by atoms with E-state index < -0.39 is 5.56 Å². The van der Waals surface area contributed by atoms with Gasteiger partial charge in [0.25, 0.3) is 11.5 Å². The number of nitrogens with one attached hydrogen (secondary N) is 3. The molecule has 1 aromatic heterocycles. The molecule has 0 aliphatic rings. The maximum Gasteiger partial charge on any atom is 0.270 e. The molecule has 9 nitrogen and oxygen atoms in total. The largest absolute Gasteiger partial charge is 0.483 e. The van der Waals surface area contributed by atoms with Crippen LogP contribution in [-0.4, -0.2) is 28.7 Å². The number of rotatable bonds is 8. The molecule has 3 aromatic carbocycles. The zero-order chi connectivity index (χ0) is 26.2. The molecule has 3 N–H and O–H groups in total. The Kier molecular flexibility index (Phi) is 8.08. The molecule has 4 aromatic rings. The number of H-pyrrole nitrogens is 1. The molecular weight excluding hydrogens is 536 g/mol. The Bertz CT molecular complexity index is 1540. The van der Waals surface area contributed by atoms with Gasteiger partial charge in [0.05, 0.1) is 11.9 Å². The number of nitrogens with zero attached hydrogens (tertiary/aromatic N) is 3. The number of benzene rings is 3. The second-order valence-electron chi connectivity index (χ2n) is 7.87. The summed E-state index contributed by atoms with van der Waals surface area (Å²) in [6.45, 7) is 1.77. The number of amides is 1. The van der Waals surface area contributed by atoms with Crippen molar-refractivity contribution in [3.05, 3.63) is 104 Å².